The molecule has 6 heteroatoms. The van der Waals surface area contributed by atoms with Crippen LogP contribution in [-0.4, -0.2) is 32.3 Å². The summed E-state index contributed by atoms with van der Waals surface area (Å²) in [7, 11) is 3.34. The van der Waals surface area contributed by atoms with Crippen LogP contribution in [-0.2, 0) is 5.41 Å². The van der Waals surface area contributed by atoms with Crippen molar-refractivity contribution in [2.24, 2.45) is 10.7 Å². The standard InChI is InChI=1S/C20H33N3O2.HI/c1-19(2,3)23-18(21)22-14-20(11-7-6-8-12-20)15-9-10-16(24-4)17(13-15)25-5;/h9-10,13H,6-8,11-12,14H2,1-5H3,(H3,21,22,23);1H. The summed E-state index contributed by atoms with van der Waals surface area (Å²) in [6.45, 7) is 6.94. The van der Waals surface area contributed by atoms with Gasteiger partial charge in [0.05, 0.1) is 20.8 Å². The average Bonchev–Trinajstić information content (AvgIpc) is 2.58. The summed E-state index contributed by atoms with van der Waals surface area (Å²) >= 11 is 0. The summed E-state index contributed by atoms with van der Waals surface area (Å²) < 4.78 is 10.9. The van der Waals surface area contributed by atoms with Crippen LogP contribution in [0.4, 0.5) is 0 Å². The summed E-state index contributed by atoms with van der Waals surface area (Å²) in [4.78, 5) is 4.69. The predicted octanol–water partition coefficient (Wildman–Crippen LogP) is 4.23. The zero-order valence-corrected chi connectivity index (χ0v) is 19.1. The lowest BCUT2D eigenvalue weighted by atomic mass is 9.69. The molecule has 0 saturated heterocycles. The molecular weight excluding hydrogens is 441 g/mol. The monoisotopic (exact) mass is 475 g/mol. The van der Waals surface area contributed by atoms with E-state index in [0.29, 0.717) is 12.5 Å². The van der Waals surface area contributed by atoms with Crippen molar-refractivity contribution in [3.8, 4) is 11.5 Å². The molecular formula is C20H34IN3O2. The van der Waals surface area contributed by atoms with Crippen LogP contribution in [0.3, 0.4) is 0 Å². The number of hydrogen-bond acceptors (Lipinski definition) is 3. The Morgan fingerprint density at radius 2 is 1.73 bits per heavy atom. The van der Waals surface area contributed by atoms with Gasteiger partial charge in [-0.05, 0) is 51.3 Å². The number of halogens is 1. The van der Waals surface area contributed by atoms with Gasteiger partial charge in [-0.1, -0.05) is 25.3 Å². The van der Waals surface area contributed by atoms with E-state index in [1.54, 1.807) is 14.2 Å². The van der Waals surface area contributed by atoms with Gasteiger partial charge in [-0.3, -0.25) is 4.99 Å². The molecule has 1 aromatic rings. The van der Waals surface area contributed by atoms with E-state index in [1.165, 1.54) is 24.8 Å². The summed E-state index contributed by atoms with van der Waals surface area (Å²) in [6.07, 6.45) is 5.96. The molecule has 0 unspecified atom stereocenters. The number of ether oxygens (including phenoxy) is 2. The molecule has 1 fully saturated rings. The molecule has 0 aromatic heterocycles. The Labute approximate surface area is 175 Å². The van der Waals surface area contributed by atoms with Gasteiger partial charge in [0.15, 0.2) is 17.5 Å². The summed E-state index contributed by atoms with van der Waals surface area (Å²) in [6, 6.07) is 6.24. The maximum absolute atomic E-state index is 6.11. The Morgan fingerprint density at radius 1 is 1.12 bits per heavy atom. The second-order valence-corrected chi connectivity index (χ2v) is 7.99. The molecule has 1 aliphatic carbocycles. The van der Waals surface area contributed by atoms with Crippen molar-refractivity contribution in [1.29, 1.82) is 0 Å². The van der Waals surface area contributed by atoms with Crippen molar-refractivity contribution < 1.29 is 9.47 Å². The van der Waals surface area contributed by atoms with Gasteiger partial charge in [-0.2, -0.15) is 0 Å². The lowest BCUT2D eigenvalue weighted by molar-refractivity contribution is 0.298. The molecule has 1 aromatic carbocycles. The van der Waals surface area contributed by atoms with Crippen molar-refractivity contribution in [2.75, 3.05) is 20.8 Å². The van der Waals surface area contributed by atoms with E-state index in [0.717, 1.165) is 24.3 Å². The van der Waals surface area contributed by atoms with E-state index in [1.807, 2.05) is 6.07 Å². The Morgan fingerprint density at radius 3 is 2.27 bits per heavy atom. The third-order valence-corrected chi connectivity index (χ3v) is 4.86. The second-order valence-electron chi connectivity index (χ2n) is 7.99. The highest BCUT2D eigenvalue weighted by molar-refractivity contribution is 14.0. The van der Waals surface area contributed by atoms with Gasteiger partial charge in [0, 0.05) is 11.0 Å². The zero-order chi connectivity index (χ0) is 18.5. The predicted molar refractivity (Wildman–Crippen MR) is 119 cm³/mol. The minimum absolute atomic E-state index is 0. The minimum Gasteiger partial charge on any atom is -0.493 e. The molecule has 1 aliphatic rings. The summed E-state index contributed by atoms with van der Waals surface area (Å²) in [5.41, 5.74) is 7.30. The van der Waals surface area contributed by atoms with Gasteiger partial charge < -0.3 is 20.5 Å². The zero-order valence-electron chi connectivity index (χ0n) is 16.7. The second kappa shape index (κ2) is 9.67. The largest absolute Gasteiger partial charge is 0.493 e. The highest BCUT2D eigenvalue weighted by Gasteiger charge is 2.34. The van der Waals surface area contributed by atoms with E-state index in [4.69, 9.17) is 20.2 Å². The first-order valence-electron chi connectivity index (χ1n) is 9.10. The maximum atomic E-state index is 6.11. The number of guanidine groups is 1. The number of methoxy groups -OCH3 is 2. The van der Waals surface area contributed by atoms with Crippen LogP contribution in [0.25, 0.3) is 0 Å². The lowest BCUT2D eigenvalue weighted by Crippen LogP contribution is -2.45. The molecule has 2 rings (SSSR count). The number of nitrogens with one attached hydrogen (secondary N) is 1. The number of hydrogen-bond donors (Lipinski definition) is 2. The van der Waals surface area contributed by atoms with E-state index in [-0.39, 0.29) is 34.9 Å². The molecule has 0 amide bonds. The number of aliphatic imine (C=N–C) groups is 1. The average molecular weight is 475 g/mol. The SMILES string of the molecule is COc1ccc(C2(CN=C(N)NC(C)(C)C)CCCCC2)cc1OC.I. The van der Waals surface area contributed by atoms with E-state index < -0.39 is 0 Å². The first kappa shape index (κ1) is 22.9. The van der Waals surface area contributed by atoms with Crippen LogP contribution in [0, 0.1) is 0 Å². The fraction of sp³-hybridized carbons (Fsp3) is 0.650. The van der Waals surface area contributed by atoms with Gasteiger partial charge in [-0.25, -0.2) is 0 Å². The first-order valence-corrected chi connectivity index (χ1v) is 9.10. The number of benzene rings is 1. The lowest BCUT2D eigenvalue weighted by Gasteiger charge is -2.37. The van der Waals surface area contributed by atoms with E-state index >= 15 is 0 Å². The maximum Gasteiger partial charge on any atom is 0.189 e. The topological polar surface area (TPSA) is 68.9 Å². The van der Waals surface area contributed by atoms with Crippen molar-refractivity contribution >= 4 is 29.9 Å². The molecule has 0 spiro atoms. The fourth-order valence-corrected chi connectivity index (χ4v) is 3.59. The van der Waals surface area contributed by atoms with E-state index in [9.17, 15) is 0 Å². The van der Waals surface area contributed by atoms with Crippen molar-refractivity contribution in [3.63, 3.8) is 0 Å². The van der Waals surface area contributed by atoms with Crippen molar-refractivity contribution in [2.45, 2.75) is 63.8 Å². The van der Waals surface area contributed by atoms with Crippen LogP contribution in [0.2, 0.25) is 0 Å². The van der Waals surface area contributed by atoms with E-state index in [2.05, 4.69) is 38.2 Å². The Balaban J connectivity index is 0.00000338. The van der Waals surface area contributed by atoms with Crippen LogP contribution >= 0.6 is 24.0 Å². The Bertz CT molecular complexity index is 606. The third-order valence-electron chi connectivity index (χ3n) is 4.86. The van der Waals surface area contributed by atoms with Gasteiger partial charge >= 0.3 is 0 Å². The molecule has 148 valence electrons. The number of nitrogens with zero attached hydrogens (tertiary/aromatic N) is 1. The van der Waals surface area contributed by atoms with Crippen LogP contribution in [0.5, 0.6) is 11.5 Å². The summed E-state index contributed by atoms with van der Waals surface area (Å²) in [5.74, 6) is 2.04. The van der Waals surface area contributed by atoms with Gasteiger partial charge in [-0.15, -0.1) is 24.0 Å². The number of nitrogens with two attached hydrogens (primary N) is 1. The molecule has 1 saturated carbocycles. The molecule has 0 atom stereocenters. The summed E-state index contributed by atoms with van der Waals surface area (Å²) in [5, 5.41) is 3.25. The normalized spacial score (nSPS) is 17.2. The Kier molecular flexibility index (Phi) is 8.50. The smallest absolute Gasteiger partial charge is 0.189 e. The molecule has 0 heterocycles. The first-order chi connectivity index (χ1) is 11.8. The van der Waals surface area contributed by atoms with Gasteiger partial charge in [0.2, 0.25) is 0 Å². The minimum atomic E-state index is -0.0867. The van der Waals surface area contributed by atoms with Crippen LogP contribution < -0.4 is 20.5 Å². The highest BCUT2D eigenvalue weighted by Crippen LogP contribution is 2.42. The third kappa shape index (κ3) is 5.93. The molecule has 26 heavy (non-hydrogen) atoms. The van der Waals surface area contributed by atoms with Gasteiger partial charge in [0.1, 0.15) is 0 Å². The van der Waals surface area contributed by atoms with Crippen LogP contribution in [0.1, 0.15) is 58.4 Å². The number of rotatable bonds is 5. The van der Waals surface area contributed by atoms with Crippen LogP contribution in [0.15, 0.2) is 23.2 Å². The quantitative estimate of drug-likeness (QED) is 0.380. The molecule has 3 N–H and O–H groups in total. The highest BCUT2D eigenvalue weighted by atomic mass is 127. The van der Waals surface area contributed by atoms with Crippen molar-refractivity contribution in [1.82, 2.24) is 5.32 Å². The molecule has 0 bridgehead atoms. The fourth-order valence-electron chi connectivity index (χ4n) is 3.59. The molecule has 5 nitrogen and oxygen atoms in total. The van der Waals surface area contributed by atoms with Crippen molar-refractivity contribution in [3.05, 3.63) is 23.8 Å². The molecule has 0 radical (unpaired) electrons. The van der Waals surface area contributed by atoms with Gasteiger partial charge in [0.25, 0.3) is 0 Å². The Hall–Kier alpha value is -1.18. The molecule has 0 aliphatic heterocycles.